The van der Waals surface area contributed by atoms with E-state index >= 15 is 0 Å². The minimum absolute atomic E-state index is 0.362. The molecule has 2 rings (SSSR count). The van der Waals surface area contributed by atoms with E-state index in [2.05, 4.69) is 5.92 Å². The zero-order valence-electron chi connectivity index (χ0n) is 5.84. The molecule has 0 aromatic heterocycles. The van der Waals surface area contributed by atoms with Crippen LogP contribution in [0.3, 0.4) is 0 Å². The smallest absolute Gasteiger partial charge is 0.136 e. The van der Waals surface area contributed by atoms with Crippen LogP contribution < -0.4 is 0 Å². The largest absolute Gasteiger partial charge is 0.299 e. The lowest BCUT2D eigenvalue weighted by molar-refractivity contribution is -0.132. The van der Waals surface area contributed by atoms with Gasteiger partial charge in [-0.25, -0.2) is 0 Å². The molecule has 0 heterocycles. The van der Waals surface area contributed by atoms with E-state index in [0.717, 1.165) is 19.3 Å². The Bertz CT molecular complexity index is 211. The summed E-state index contributed by atoms with van der Waals surface area (Å²) in [5.41, 5.74) is 0. The molecule has 2 aliphatic rings. The topological polar surface area (TPSA) is 17.1 Å². The van der Waals surface area contributed by atoms with E-state index < -0.39 is 0 Å². The van der Waals surface area contributed by atoms with Crippen LogP contribution in [0.1, 0.15) is 19.3 Å². The van der Waals surface area contributed by atoms with Gasteiger partial charge in [0.15, 0.2) is 0 Å². The lowest BCUT2D eigenvalue weighted by Gasteiger charge is -2.27. The first-order valence-corrected chi connectivity index (χ1v) is 3.80. The van der Waals surface area contributed by atoms with Crippen LogP contribution in [0.5, 0.6) is 0 Å². The number of carbonyl (C=O) groups excluding carboxylic acids is 1. The van der Waals surface area contributed by atoms with Gasteiger partial charge in [0, 0.05) is 18.3 Å². The first-order chi connectivity index (χ1) is 4.81. The minimum atomic E-state index is 0.362. The minimum Gasteiger partial charge on any atom is -0.299 e. The van der Waals surface area contributed by atoms with Crippen molar-refractivity contribution in [2.24, 2.45) is 17.8 Å². The van der Waals surface area contributed by atoms with Crippen molar-refractivity contribution in [2.45, 2.75) is 19.3 Å². The van der Waals surface area contributed by atoms with E-state index in [1.807, 2.05) is 0 Å². The van der Waals surface area contributed by atoms with E-state index in [1.165, 1.54) is 0 Å². The molecule has 10 heavy (non-hydrogen) atoms. The van der Waals surface area contributed by atoms with Crippen molar-refractivity contribution < 1.29 is 4.79 Å². The predicted molar refractivity (Wildman–Crippen MR) is 38.2 cm³/mol. The second-order valence-electron chi connectivity index (χ2n) is 3.37. The van der Waals surface area contributed by atoms with Crippen molar-refractivity contribution in [2.75, 3.05) is 0 Å². The molecular formula is C9H10O. The maximum atomic E-state index is 10.9. The molecule has 0 aromatic carbocycles. The highest BCUT2D eigenvalue weighted by Gasteiger charge is 2.46. The van der Waals surface area contributed by atoms with Crippen LogP contribution in [0, 0.1) is 30.1 Å². The summed E-state index contributed by atoms with van der Waals surface area (Å²) in [6.45, 7) is 0. The SMILES string of the molecule is C#C[C@@H]1CC2CC(=O)[C@@H]2C1. The fourth-order valence-electron chi connectivity index (χ4n) is 2.13. The molecule has 0 N–H and O–H groups in total. The molecule has 0 amide bonds. The van der Waals surface area contributed by atoms with Crippen LogP contribution in [0.4, 0.5) is 0 Å². The molecule has 0 spiro atoms. The Kier molecular flexibility index (Phi) is 1.11. The molecule has 1 heteroatoms. The van der Waals surface area contributed by atoms with Crippen molar-refractivity contribution in [3.8, 4) is 12.3 Å². The van der Waals surface area contributed by atoms with Gasteiger partial charge in [-0.05, 0) is 18.8 Å². The first kappa shape index (κ1) is 5.97. The lowest BCUT2D eigenvalue weighted by atomic mass is 9.75. The van der Waals surface area contributed by atoms with Crippen LogP contribution in [-0.2, 0) is 4.79 Å². The van der Waals surface area contributed by atoms with Gasteiger partial charge in [-0.2, -0.15) is 0 Å². The third-order valence-electron chi connectivity index (χ3n) is 2.81. The molecule has 0 radical (unpaired) electrons. The van der Waals surface area contributed by atoms with Crippen molar-refractivity contribution in [1.29, 1.82) is 0 Å². The van der Waals surface area contributed by atoms with Crippen LogP contribution in [-0.4, -0.2) is 5.78 Å². The number of Topliss-reactive ketones (excluding diaryl/α,β-unsaturated/α-hetero) is 1. The summed E-state index contributed by atoms with van der Waals surface area (Å²) in [6, 6.07) is 0. The molecule has 0 aliphatic heterocycles. The summed E-state index contributed by atoms with van der Waals surface area (Å²) < 4.78 is 0. The van der Waals surface area contributed by atoms with Crippen LogP contribution in [0.25, 0.3) is 0 Å². The number of hydrogen-bond acceptors (Lipinski definition) is 1. The molecule has 3 atom stereocenters. The number of rotatable bonds is 0. The van der Waals surface area contributed by atoms with Crippen LogP contribution >= 0.6 is 0 Å². The van der Waals surface area contributed by atoms with Gasteiger partial charge in [0.05, 0.1) is 0 Å². The molecule has 2 fully saturated rings. The zero-order valence-corrected chi connectivity index (χ0v) is 5.84. The Balaban J connectivity index is 2.07. The normalized spacial score (nSPS) is 43.9. The van der Waals surface area contributed by atoms with Gasteiger partial charge in [-0.1, -0.05) is 0 Å². The highest BCUT2D eigenvalue weighted by atomic mass is 16.1. The summed E-state index contributed by atoms with van der Waals surface area (Å²) in [7, 11) is 0. The standard InChI is InChI=1S/C9H10O/c1-2-6-3-7-5-9(10)8(7)4-6/h1,6-8H,3-5H2/t6-,7?,8-/m1/s1. The average Bonchev–Trinajstić information content (AvgIpc) is 2.26. The third-order valence-corrected chi connectivity index (χ3v) is 2.81. The van der Waals surface area contributed by atoms with Crippen LogP contribution in [0.2, 0.25) is 0 Å². The number of carbonyl (C=O) groups is 1. The summed E-state index contributed by atoms with van der Waals surface area (Å²) in [4.78, 5) is 10.9. The fraction of sp³-hybridized carbons (Fsp3) is 0.667. The van der Waals surface area contributed by atoms with Gasteiger partial charge in [-0.15, -0.1) is 12.3 Å². The summed E-state index contributed by atoms with van der Waals surface area (Å²) in [5, 5.41) is 0. The molecular weight excluding hydrogens is 124 g/mol. The number of ketones is 1. The van der Waals surface area contributed by atoms with E-state index in [4.69, 9.17) is 6.42 Å². The maximum Gasteiger partial charge on any atom is 0.136 e. The summed E-state index contributed by atoms with van der Waals surface area (Å²) in [6.07, 6.45) is 8.15. The van der Waals surface area contributed by atoms with E-state index in [1.54, 1.807) is 0 Å². The molecule has 52 valence electrons. The second-order valence-corrected chi connectivity index (χ2v) is 3.37. The van der Waals surface area contributed by atoms with Crippen molar-refractivity contribution >= 4 is 5.78 Å². The Hall–Kier alpha value is -0.770. The van der Waals surface area contributed by atoms with Crippen molar-refractivity contribution in [3.63, 3.8) is 0 Å². The van der Waals surface area contributed by atoms with Gasteiger partial charge < -0.3 is 0 Å². The van der Waals surface area contributed by atoms with Gasteiger partial charge in [0.2, 0.25) is 0 Å². The maximum absolute atomic E-state index is 10.9. The lowest BCUT2D eigenvalue weighted by Crippen LogP contribution is -2.32. The molecule has 2 saturated carbocycles. The molecule has 0 aromatic rings. The van der Waals surface area contributed by atoms with Gasteiger partial charge in [0.1, 0.15) is 5.78 Å². The Labute approximate surface area is 60.8 Å². The quantitative estimate of drug-likeness (QED) is 0.455. The first-order valence-electron chi connectivity index (χ1n) is 3.80. The van der Waals surface area contributed by atoms with Gasteiger partial charge >= 0.3 is 0 Å². The summed E-state index contributed by atoms with van der Waals surface area (Å²) in [5.74, 6) is 4.61. The van der Waals surface area contributed by atoms with Crippen LogP contribution in [0.15, 0.2) is 0 Å². The highest BCUT2D eigenvalue weighted by molar-refractivity contribution is 5.87. The fourth-order valence-corrected chi connectivity index (χ4v) is 2.13. The van der Waals surface area contributed by atoms with Crippen molar-refractivity contribution in [3.05, 3.63) is 0 Å². The molecule has 1 unspecified atom stereocenters. The average molecular weight is 134 g/mol. The van der Waals surface area contributed by atoms with Gasteiger partial charge in [0.25, 0.3) is 0 Å². The Morgan fingerprint density at radius 2 is 2.30 bits per heavy atom. The number of terminal acetylenes is 1. The predicted octanol–water partition coefficient (Wildman–Crippen LogP) is 1.23. The van der Waals surface area contributed by atoms with E-state index in [-0.39, 0.29) is 0 Å². The Morgan fingerprint density at radius 3 is 2.80 bits per heavy atom. The number of hydrogen-bond donors (Lipinski definition) is 0. The van der Waals surface area contributed by atoms with Crippen molar-refractivity contribution in [1.82, 2.24) is 0 Å². The van der Waals surface area contributed by atoms with E-state index in [9.17, 15) is 4.79 Å². The van der Waals surface area contributed by atoms with E-state index in [0.29, 0.717) is 23.5 Å². The number of fused-ring (bicyclic) bond motifs is 1. The second kappa shape index (κ2) is 1.85. The molecule has 0 saturated heterocycles. The monoisotopic (exact) mass is 134 g/mol. The third kappa shape index (κ3) is 0.623. The van der Waals surface area contributed by atoms with Gasteiger partial charge in [-0.3, -0.25) is 4.79 Å². The molecule has 0 bridgehead atoms. The summed E-state index contributed by atoms with van der Waals surface area (Å²) >= 11 is 0. The highest BCUT2D eigenvalue weighted by Crippen LogP contribution is 2.46. The zero-order chi connectivity index (χ0) is 7.14. The molecule has 2 aliphatic carbocycles. The molecule has 1 nitrogen and oxygen atoms in total. The Morgan fingerprint density at radius 1 is 1.50 bits per heavy atom.